The number of hydrogen-bond acceptors (Lipinski definition) is 4. The van der Waals surface area contributed by atoms with Gasteiger partial charge in [-0.3, -0.25) is 0 Å². The molecule has 0 heterocycles. The first-order valence-corrected chi connectivity index (χ1v) is 3.79. The molecule has 0 aliphatic carbocycles. The first-order valence-electron chi connectivity index (χ1n) is 0.730. The molecular formula is H4AsCuNO4Zn+2. The summed E-state index contributed by atoms with van der Waals surface area (Å²) in [5, 5.41) is 0. The van der Waals surface area contributed by atoms with E-state index >= 15 is 0 Å². The van der Waals surface area contributed by atoms with Gasteiger partial charge in [0.15, 0.2) is 0 Å². The molecule has 0 saturated carbocycles. The van der Waals surface area contributed by atoms with Crippen molar-refractivity contribution >= 4 is 14.5 Å². The van der Waals surface area contributed by atoms with Gasteiger partial charge in [-0.15, -0.1) is 0 Å². The molecule has 8 heavy (non-hydrogen) atoms. The smallest absolute Gasteiger partial charge is 0.369 e. The van der Waals surface area contributed by atoms with Crippen LogP contribution in [-0.4, -0.2) is 14.5 Å². The zero-order valence-corrected chi connectivity index (χ0v) is 9.87. The van der Waals surface area contributed by atoms with E-state index in [1.54, 1.807) is 0 Å². The summed E-state index contributed by atoms with van der Waals surface area (Å²) in [7, 11) is 0. The molecule has 0 unspecified atom stereocenters. The Kier molecular flexibility index (Phi) is 23.8. The maximum atomic E-state index is 8.61. The summed E-state index contributed by atoms with van der Waals surface area (Å²) in [5.41, 5.74) is 0. The summed E-state index contributed by atoms with van der Waals surface area (Å²) in [4.78, 5) is 0. The number of quaternary nitrogens is 1. The van der Waals surface area contributed by atoms with Crippen LogP contribution in [0.5, 0.6) is 0 Å². The fourth-order valence-corrected chi connectivity index (χ4v) is 0. The van der Waals surface area contributed by atoms with Gasteiger partial charge in [0.05, 0.1) is 0 Å². The van der Waals surface area contributed by atoms with Gasteiger partial charge in [-0.1, -0.05) is 0 Å². The zero-order chi connectivity index (χ0) is 4.50. The SMILES string of the molecule is O=[As]([O-])([O-])[O-].[Cu+2].[NH4+].[Zn+2]. The first-order chi connectivity index (χ1) is 2.00. The van der Waals surface area contributed by atoms with Gasteiger partial charge in [-0.25, -0.2) is 0 Å². The molecule has 0 amide bonds. The standard InChI is InChI=1S/AsH3O4.Cu.H3N.Zn/c2-1(3,4)5;;;/h(H3,2,3,4,5);;1H3;/q;+2;;+2/p-2. The Morgan fingerprint density at radius 1 is 1.12 bits per heavy atom. The van der Waals surface area contributed by atoms with E-state index in [0.29, 0.717) is 0 Å². The Morgan fingerprint density at radius 3 is 1.12 bits per heavy atom. The average Bonchev–Trinajstić information content (AvgIpc) is 0.722. The third-order valence-corrected chi connectivity index (χ3v) is 0. The van der Waals surface area contributed by atoms with Crippen LogP contribution in [0.3, 0.4) is 0 Å². The minimum Gasteiger partial charge on any atom is -0.369 e. The molecule has 0 rings (SSSR count). The van der Waals surface area contributed by atoms with E-state index in [0.717, 1.165) is 0 Å². The quantitative estimate of drug-likeness (QED) is 0.460. The van der Waals surface area contributed by atoms with Gasteiger partial charge in [0, 0.05) is 0 Å². The van der Waals surface area contributed by atoms with E-state index in [1.165, 1.54) is 0 Å². The number of rotatable bonds is 0. The molecule has 0 spiro atoms. The van der Waals surface area contributed by atoms with Crippen LogP contribution < -0.4 is 18.4 Å². The van der Waals surface area contributed by atoms with Gasteiger partial charge >= 0.3 is 67.1 Å². The third-order valence-electron chi connectivity index (χ3n) is 0. The van der Waals surface area contributed by atoms with Crippen molar-refractivity contribution in [1.82, 2.24) is 6.15 Å². The van der Waals surface area contributed by atoms with Crippen molar-refractivity contribution < 1.29 is 52.6 Å². The Balaban J connectivity index is -0.0000000267. The molecule has 4 N–H and O–H groups in total. The van der Waals surface area contributed by atoms with Crippen molar-refractivity contribution in [2.45, 2.75) is 0 Å². The summed E-state index contributed by atoms with van der Waals surface area (Å²) < 4.78 is 34.4. The van der Waals surface area contributed by atoms with Crippen LogP contribution in [0.1, 0.15) is 0 Å². The number of hydrogen-bond donors (Lipinski definition) is 1. The van der Waals surface area contributed by atoms with Crippen molar-refractivity contribution in [2.75, 3.05) is 0 Å². The maximum Gasteiger partial charge on any atom is 2.00 e. The molecule has 49 valence electrons. The van der Waals surface area contributed by atoms with Crippen LogP contribution in [0.4, 0.5) is 0 Å². The van der Waals surface area contributed by atoms with Gasteiger partial charge in [-0.2, -0.15) is 0 Å². The summed E-state index contributed by atoms with van der Waals surface area (Å²) in [6.07, 6.45) is 0. The minimum absolute atomic E-state index is 0. The molecule has 0 saturated heterocycles. The Bertz CT molecular complexity index is 62.2. The fourth-order valence-electron chi connectivity index (χ4n) is 0. The molecule has 0 fully saturated rings. The predicted octanol–water partition coefficient (Wildman–Crippen LogP) is -3.70. The van der Waals surface area contributed by atoms with Gasteiger partial charge in [0.25, 0.3) is 0 Å². The van der Waals surface area contributed by atoms with E-state index < -0.39 is 14.5 Å². The van der Waals surface area contributed by atoms with Crippen molar-refractivity contribution in [3.8, 4) is 0 Å². The monoisotopic (exact) mass is 284 g/mol. The second kappa shape index (κ2) is 8.34. The second-order valence-corrected chi connectivity index (χ2v) is 2.32. The van der Waals surface area contributed by atoms with E-state index in [9.17, 15) is 0 Å². The molecule has 0 aromatic rings. The molecule has 0 atom stereocenters. The van der Waals surface area contributed by atoms with Crippen LogP contribution in [0, 0.1) is 0 Å². The van der Waals surface area contributed by atoms with Crippen molar-refractivity contribution in [3.63, 3.8) is 0 Å². The molecule has 5 nitrogen and oxygen atoms in total. The van der Waals surface area contributed by atoms with Crippen LogP contribution in [-0.2, 0) is 40.3 Å². The van der Waals surface area contributed by atoms with Crippen LogP contribution >= 0.6 is 0 Å². The van der Waals surface area contributed by atoms with Crippen LogP contribution in [0.25, 0.3) is 0 Å². The van der Waals surface area contributed by atoms with Crippen molar-refractivity contribution in [3.05, 3.63) is 0 Å². The summed E-state index contributed by atoms with van der Waals surface area (Å²) >= 11 is -5.88. The van der Waals surface area contributed by atoms with Crippen LogP contribution in [0.2, 0.25) is 0 Å². The van der Waals surface area contributed by atoms with Gasteiger partial charge < -0.3 is 6.15 Å². The Hall–Kier alpha value is 1.34. The first kappa shape index (κ1) is 22.8. The molecule has 0 aromatic heterocycles. The molecule has 0 bridgehead atoms. The van der Waals surface area contributed by atoms with Crippen molar-refractivity contribution in [2.24, 2.45) is 0 Å². The summed E-state index contributed by atoms with van der Waals surface area (Å²) in [6, 6.07) is 0. The largest absolute Gasteiger partial charge is 2.00 e. The maximum absolute atomic E-state index is 8.61. The molecule has 0 aliphatic rings. The minimum atomic E-state index is -5.88. The molecule has 8 heteroatoms. The Morgan fingerprint density at radius 2 is 1.12 bits per heavy atom. The summed E-state index contributed by atoms with van der Waals surface area (Å²) in [5.74, 6) is 0. The topological polar surface area (TPSA) is 123 Å². The van der Waals surface area contributed by atoms with Crippen molar-refractivity contribution in [1.29, 1.82) is 0 Å². The molecular weight excluding hydrogens is 282 g/mol. The van der Waals surface area contributed by atoms with E-state index in [4.69, 9.17) is 16.0 Å². The van der Waals surface area contributed by atoms with Gasteiger partial charge in [-0.05, 0) is 0 Å². The second-order valence-electron chi connectivity index (χ2n) is 0.447. The predicted molar refractivity (Wildman–Crippen MR) is 12.4 cm³/mol. The van der Waals surface area contributed by atoms with E-state index in [-0.39, 0.29) is 42.7 Å². The summed E-state index contributed by atoms with van der Waals surface area (Å²) in [6.45, 7) is 0. The fraction of sp³-hybridized carbons (Fsp3) is 0. The van der Waals surface area contributed by atoms with Crippen LogP contribution in [0.15, 0.2) is 0 Å². The molecule has 0 aliphatic heterocycles. The zero-order valence-electron chi connectivity index (χ0n) is 4.09. The third kappa shape index (κ3) is 164. The molecule has 1 radical (unpaired) electrons. The normalized spacial score (nSPS) is 7.38. The van der Waals surface area contributed by atoms with E-state index in [1.807, 2.05) is 0 Å². The van der Waals surface area contributed by atoms with Gasteiger partial charge in [0.2, 0.25) is 0 Å². The average molecular weight is 286 g/mol. The van der Waals surface area contributed by atoms with E-state index in [2.05, 4.69) is 0 Å². The Labute approximate surface area is 73.0 Å². The molecule has 0 aromatic carbocycles. The van der Waals surface area contributed by atoms with Gasteiger partial charge in [0.1, 0.15) is 0 Å².